The van der Waals surface area contributed by atoms with Gasteiger partial charge in [-0.25, -0.2) is 0 Å². The van der Waals surface area contributed by atoms with Crippen molar-refractivity contribution in [2.45, 2.75) is 40.5 Å². The van der Waals surface area contributed by atoms with Crippen molar-refractivity contribution in [2.75, 3.05) is 0 Å². The van der Waals surface area contributed by atoms with Gasteiger partial charge in [-0.1, -0.05) is 31.6 Å². The lowest BCUT2D eigenvalue weighted by molar-refractivity contribution is -0.118. The Morgan fingerprint density at radius 2 is 2.00 bits per heavy atom. The maximum absolute atomic E-state index is 11.0. The fourth-order valence-corrected chi connectivity index (χ4v) is 1.23. The summed E-state index contributed by atoms with van der Waals surface area (Å²) in [5.74, 6) is -0.0591. The minimum absolute atomic E-state index is 0.0591. The van der Waals surface area contributed by atoms with Crippen LogP contribution in [0.3, 0.4) is 0 Å². The second kappa shape index (κ2) is 7.04. The summed E-state index contributed by atoms with van der Waals surface area (Å²) in [5.41, 5.74) is 2.91. The first-order chi connectivity index (χ1) is 7.01. The second-order valence-electron chi connectivity index (χ2n) is 3.63. The maximum atomic E-state index is 11.0. The Labute approximate surface area is 92.8 Å². The van der Waals surface area contributed by atoms with Gasteiger partial charge in [0.25, 0.3) is 0 Å². The van der Waals surface area contributed by atoms with E-state index in [0.717, 1.165) is 24.1 Å². The molecule has 0 spiro atoms. The molecule has 0 saturated carbocycles. The summed E-state index contributed by atoms with van der Waals surface area (Å²) in [6, 6.07) is 0. The first kappa shape index (κ1) is 13.7. The molecule has 15 heavy (non-hydrogen) atoms. The molecule has 0 aromatic rings. The summed E-state index contributed by atoms with van der Waals surface area (Å²) in [7, 11) is 0. The first-order valence-corrected chi connectivity index (χ1v) is 5.31. The van der Waals surface area contributed by atoms with Crippen molar-refractivity contribution in [1.82, 2.24) is 5.32 Å². The van der Waals surface area contributed by atoms with E-state index in [4.69, 9.17) is 0 Å². The highest BCUT2D eigenvalue weighted by Crippen LogP contribution is 2.12. The van der Waals surface area contributed by atoms with E-state index in [9.17, 15) is 4.79 Å². The molecule has 0 aliphatic heterocycles. The van der Waals surface area contributed by atoms with E-state index in [1.54, 1.807) is 0 Å². The summed E-state index contributed by atoms with van der Waals surface area (Å²) < 4.78 is 0. The quantitative estimate of drug-likeness (QED) is 0.688. The molecule has 0 atom stereocenters. The van der Waals surface area contributed by atoms with Gasteiger partial charge in [0, 0.05) is 12.6 Å². The van der Waals surface area contributed by atoms with Crippen LogP contribution in [0.15, 0.2) is 35.6 Å². The van der Waals surface area contributed by atoms with E-state index < -0.39 is 0 Å². The van der Waals surface area contributed by atoms with Crippen LogP contribution >= 0.6 is 0 Å². The predicted molar refractivity (Wildman–Crippen MR) is 65.4 cm³/mol. The van der Waals surface area contributed by atoms with Gasteiger partial charge < -0.3 is 5.32 Å². The van der Waals surface area contributed by atoms with Crippen LogP contribution in [0.1, 0.15) is 40.5 Å². The molecule has 0 aliphatic carbocycles. The highest BCUT2D eigenvalue weighted by atomic mass is 16.1. The number of hydrogen-bond acceptors (Lipinski definition) is 1. The molecule has 0 radical (unpaired) electrons. The van der Waals surface area contributed by atoms with Crippen molar-refractivity contribution < 1.29 is 4.79 Å². The lowest BCUT2D eigenvalue weighted by Gasteiger charge is -2.09. The zero-order valence-corrected chi connectivity index (χ0v) is 10.2. The zero-order chi connectivity index (χ0) is 11.8. The van der Waals surface area contributed by atoms with Gasteiger partial charge in [-0.15, -0.1) is 0 Å². The molecule has 0 bridgehead atoms. The normalized spacial score (nSPS) is 12.5. The van der Waals surface area contributed by atoms with E-state index in [0.29, 0.717) is 0 Å². The van der Waals surface area contributed by atoms with Crippen LogP contribution in [-0.2, 0) is 4.79 Å². The molecule has 0 aromatic carbocycles. The molecule has 0 rings (SSSR count). The summed E-state index contributed by atoms with van der Waals surface area (Å²) in [4.78, 5) is 11.0. The van der Waals surface area contributed by atoms with Gasteiger partial charge in [0.15, 0.2) is 0 Å². The average Bonchev–Trinajstić information content (AvgIpc) is 2.14. The van der Waals surface area contributed by atoms with Crippen LogP contribution in [0.2, 0.25) is 0 Å². The van der Waals surface area contributed by atoms with Gasteiger partial charge in [0.2, 0.25) is 5.91 Å². The Morgan fingerprint density at radius 1 is 1.40 bits per heavy atom. The largest absolute Gasteiger partial charge is 0.326 e. The fourth-order valence-electron chi connectivity index (χ4n) is 1.23. The van der Waals surface area contributed by atoms with Crippen LogP contribution < -0.4 is 5.32 Å². The van der Waals surface area contributed by atoms with Crippen molar-refractivity contribution >= 4 is 5.91 Å². The molecule has 2 heteroatoms. The molecular formula is C13H21NO. The van der Waals surface area contributed by atoms with Crippen molar-refractivity contribution in [2.24, 2.45) is 0 Å². The van der Waals surface area contributed by atoms with E-state index in [2.05, 4.69) is 24.9 Å². The van der Waals surface area contributed by atoms with Gasteiger partial charge in [-0.2, -0.15) is 0 Å². The lowest BCUT2D eigenvalue weighted by Crippen LogP contribution is -2.19. The van der Waals surface area contributed by atoms with Crippen LogP contribution in [0.4, 0.5) is 0 Å². The number of hydrogen-bond donors (Lipinski definition) is 1. The SMILES string of the molecule is C=C(C)/C(=C\C(=C/C)CCC)NC(C)=O. The van der Waals surface area contributed by atoms with Gasteiger partial charge in [-0.3, -0.25) is 4.79 Å². The van der Waals surface area contributed by atoms with Crippen molar-refractivity contribution in [3.8, 4) is 0 Å². The van der Waals surface area contributed by atoms with Crippen molar-refractivity contribution in [3.05, 3.63) is 35.6 Å². The Morgan fingerprint density at radius 3 is 2.33 bits per heavy atom. The minimum atomic E-state index is -0.0591. The molecule has 0 fully saturated rings. The molecule has 84 valence electrons. The molecule has 0 aliphatic rings. The first-order valence-electron chi connectivity index (χ1n) is 5.31. The Hall–Kier alpha value is -1.31. The third-order valence-electron chi connectivity index (χ3n) is 2.01. The highest BCUT2D eigenvalue weighted by molar-refractivity contribution is 5.76. The molecule has 2 nitrogen and oxygen atoms in total. The number of carbonyl (C=O) groups is 1. The van der Waals surface area contributed by atoms with Crippen molar-refractivity contribution in [3.63, 3.8) is 0 Å². The topological polar surface area (TPSA) is 29.1 Å². The van der Waals surface area contributed by atoms with Gasteiger partial charge in [-0.05, 0) is 31.9 Å². The monoisotopic (exact) mass is 207 g/mol. The third kappa shape index (κ3) is 5.89. The van der Waals surface area contributed by atoms with Crippen LogP contribution in [0.5, 0.6) is 0 Å². The Balaban J connectivity index is 4.80. The molecule has 0 aromatic heterocycles. The number of rotatable bonds is 5. The van der Waals surface area contributed by atoms with Gasteiger partial charge in [0.1, 0.15) is 0 Å². The number of amides is 1. The molecule has 0 heterocycles. The highest BCUT2D eigenvalue weighted by Gasteiger charge is 2.01. The van der Waals surface area contributed by atoms with Gasteiger partial charge >= 0.3 is 0 Å². The van der Waals surface area contributed by atoms with E-state index in [-0.39, 0.29) is 5.91 Å². The average molecular weight is 207 g/mol. The van der Waals surface area contributed by atoms with E-state index >= 15 is 0 Å². The fraction of sp³-hybridized carbons (Fsp3) is 0.462. The van der Waals surface area contributed by atoms with Crippen molar-refractivity contribution in [1.29, 1.82) is 0 Å². The smallest absolute Gasteiger partial charge is 0.221 e. The Kier molecular flexibility index (Phi) is 6.43. The van der Waals surface area contributed by atoms with Crippen LogP contribution in [-0.4, -0.2) is 5.91 Å². The zero-order valence-electron chi connectivity index (χ0n) is 10.2. The second-order valence-corrected chi connectivity index (χ2v) is 3.63. The third-order valence-corrected chi connectivity index (χ3v) is 2.01. The van der Waals surface area contributed by atoms with E-state index in [1.807, 2.05) is 19.9 Å². The van der Waals surface area contributed by atoms with E-state index in [1.165, 1.54) is 12.5 Å². The number of nitrogens with one attached hydrogen (secondary N) is 1. The minimum Gasteiger partial charge on any atom is -0.326 e. The van der Waals surface area contributed by atoms with Gasteiger partial charge in [0.05, 0.1) is 0 Å². The van der Waals surface area contributed by atoms with Crippen LogP contribution in [0, 0.1) is 0 Å². The molecule has 1 amide bonds. The summed E-state index contributed by atoms with van der Waals surface area (Å²) >= 11 is 0. The number of carbonyl (C=O) groups excluding carboxylic acids is 1. The lowest BCUT2D eigenvalue weighted by atomic mass is 10.1. The molecular weight excluding hydrogens is 186 g/mol. The summed E-state index contributed by atoms with van der Waals surface area (Å²) in [5, 5.41) is 2.78. The molecule has 0 saturated heterocycles. The standard InChI is InChI=1S/C13H21NO/c1-6-8-12(7-2)9-13(10(3)4)14-11(5)15/h7,9H,3,6,8H2,1-2,4-5H3,(H,14,15)/b12-7-,13-9+. The number of allylic oxidation sites excluding steroid dienone is 4. The van der Waals surface area contributed by atoms with Crippen LogP contribution in [0.25, 0.3) is 0 Å². The summed E-state index contributed by atoms with van der Waals surface area (Å²) in [6.07, 6.45) is 6.17. The summed E-state index contributed by atoms with van der Waals surface area (Å²) in [6.45, 7) is 11.4. The predicted octanol–water partition coefficient (Wildman–Crippen LogP) is 3.33. The molecule has 1 N–H and O–H groups in total. The maximum Gasteiger partial charge on any atom is 0.221 e. The molecule has 0 unspecified atom stereocenters. The Bertz CT molecular complexity index is 298.